The predicted octanol–water partition coefficient (Wildman–Crippen LogP) is 5.44. The molecule has 4 heteroatoms. The van der Waals surface area contributed by atoms with E-state index in [0.717, 1.165) is 23.0 Å². The van der Waals surface area contributed by atoms with Gasteiger partial charge in [-0.25, -0.2) is 4.39 Å². The molecule has 0 amide bonds. The Kier molecular flexibility index (Phi) is 5.80. The Morgan fingerprint density at radius 2 is 2.00 bits per heavy atom. The van der Waals surface area contributed by atoms with Crippen molar-refractivity contribution in [3.8, 4) is 0 Å². The van der Waals surface area contributed by atoms with Crippen molar-refractivity contribution in [3.05, 3.63) is 68.4 Å². The van der Waals surface area contributed by atoms with E-state index in [1.807, 2.05) is 6.07 Å². The molecular formula is C17H18BrClFN. The van der Waals surface area contributed by atoms with Crippen LogP contribution in [0.3, 0.4) is 0 Å². The summed E-state index contributed by atoms with van der Waals surface area (Å²) >= 11 is 9.27. The average Bonchev–Trinajstić information content (AvgIpc) is 2.41. The van der Waals surface area contributed by atoms with Crippen LogP contribution in [-0.4, -0.2) is 6.54 Å². The molecule has 0 aromatic heterocycles. The van der Waals surface area contributed by atoms with E-state index in [1.54, 1.807) is 6.07 Å². The van der Waals surface area contributed by atoms with Gasteiger partial charge in [-0.1, -0.05) is 46.6 Å². The lowest BCUT2D eigenvalue weighted by molar-refractivity contribution is 0.546. The Morgan fingerprint density at radius 1 is 1.24 bits per heavy atom. The molecule has 2 aromatic carbocycles. The lowest BCUT2D eigenvalue weighted by Crippen LogP contribution is -2.23. The Balaban J connectivity index is 2.27. The van der Waals surface area contributed by atoms with Gasteiger partial charge in [0.05, 0.1) is 5.02 Å². The molecule has 2 rings (SSSR count). The molecule has 0 spiro atoms. The molecule has 0 aliphatic carbocycles. The zero-order chi connectivity index (χ0) is 15.4. The predicted molar refractivity (Wildman–Crippen MR) is 90.4 cm³/mol. The van der Waals surface area contributed by atoms with E-state index in [2.05, 4.69) is 53.3 Å². The third kappa shape index (κ3) is 4.53. The van der Waals surface area contributed by atoms with Crippen LogP contribution in [0.25, 0.3) is 0 Å². The molecule has 0 aliphatic rings. The van der Waals surface area contributed by atoms with Gasteiger partial charge in [0.1, 0.15) is 5.82 Å². The summed E-state index contributed by atoms with van der Waals surface area (Å²) in [6.45, 7) is 4.99. The van der Waals surface area contributed by atoms with Crippen molar-refractivity contribution in [1.29, 1.82) is 0 Å². The third-order valence-electron chi connectivity index (χ3n) is 3.34. The summed E-state index contributed by atoms with van der Waals surface area (Å²) in [5.74, 6) is -0.366. The summed E-state index contributed by atoms with van der Waals surface area (Å²) in [5, 5.41) is 3.62. The van der Waals surface area contributed by atoms with Gasteiger partial charge in [-0.15, -0.1) is 0 Å². The van der Waals surface area contributed by atoms with Crippen molar-refractivity contribution in [3.63, 3.8) is 0 Å². The van der Waals surface area contributed by atoms with E-state index < -0.39 is 0 Å². The van der Waals surface area contributed by atoms with Gasteiger partial charge < -0.3 is 5.32 Å². The summed E-state index contributed by atoms with van der Waals surface area (Å²) in [6.07, 6.45) is 0.720. The number of rotatable bonds is 5. The molecular weight excluding hydrogens is 353 g/mol. The minimum atomic E-state index is -0.366. The highest BCUT2D eigenvalue weighted by Gasteiger charge is 2.13. The number of likely N-dealkylation sites (N-methyl/N-ethyl adjacent to an activating group) is 1. The van der Waals surface area contributed by atoms with Crippen molar-refractivity contribution in [2.45, 2.75) is 26.3 Å². The van der Waals surface area contributed by atoms with Gasteiger partial charge in [0.25, 0.3) is 0 Å². The summed E-state index contributed by atoms with van der Waals surface area (Å²) in [5.41, 5.74) is 3.32. The van der Waals surface area contributed by atoms with Crippen LogP contribution in [0.2, 0.25) is 5.02 Å². The number of hydrogen-bond acceptors (Lipinski definition) is 1. The second-order valence-corrected chi connectivity index (χ2v) is 6.45. The van der Waals surface area contributed by atoms with Crippen molar-refractivity contribution < 1.29 is 4.39 Å². The maximum absolute atomic E-state index is 13.6. The first-order valence-corrected chi connectivity index (χ1v) is 8.11. The molecule has 0 saturated heterocycles. The van der Waals surface area contributed by atoms with Gasteiger partial charge in [0, 0.05) is 10.5 Å². The third-order valence-corrected chi connectivity index (χ3v) is 4.11. The molecule has 1 unspecified atom stereocenters. The van der Waals surface area contributed by atoms with E-state index in [-0.39, 0.29) is 16.9 Å². The summed E-state index contributed by atoms with van der Waals surface area (Å²) in [6, 6.07) is 11.5. The molecule has 112 valence electrons. The van der Waals surface area contributed by atoms with E-state index >= 15 is 0 Å². The number of nitrogens with one attached hydrogen (secondary N) is 1. The summed E-state index contributed by atoms with van der Waals surface area (Å²) < 4.78 is 14.6. The molecule has 2 aromatic rings. The number of benzene rings is 2. The minimum Gasteiger partial charge on any atom is -0.310 e. The SMILES string of the molecule is CCNC(Cc1ccc(Cl)c(F)c1)c1cc(C)cc(Br)c1. The van der Waals surface area contributed by atoms with Gasteiger partial charge in [-0.3, -0.25) is 0 Å². The maximum Gasteiger partial charge on any atom is 0.142 e. The Bertz CT molecular complexity index is 610. The second kappa shape index (κ2) is 7.39. The lowest BCUT2D eigenvalue weighted by Gasteiger charge is -2.19. The molecule has 0 saturated carbocycles. The molecule has 0 aliphatic heterocycles. The molecule has 0 bridgehead atoms. The van der Waals surface area contributed by atoms with Gasteiger partial charge in [0.2, 0.25) is 0 Å². The van der Waals surface area contributed by atoms with Gasteiger partial charge in [-0.05, 0) is 60.8 Å². The zero-order valence-corrected chi connectivity index (χ0v) is 14.4. The van der Waals surface area contributed by atoms with Crippen LogP contribution in [0, 0.1) is 12.7 Å². The minimum absolute atomic E-state index is 0.145. The Hall–Kier alpha value is -0.900. The van der Waals surface area contributed by atoms with Crippen molar-refractivity contribution in [2.24, 2.45) is 0 Å². The number of aryl methyl sites for hydroxylation is 1. The molecule has 1 nitrogen and oxygen atoms in total. The highest BCUT2D eigenvalue weighted by atomic mass is 79.9. The van der Waals surface area contributed by atoms with Crippen LogP contribution in [0.4, 0.5) is 4.39 Å². The molecule has 1 atom stereocenters. The first-order chi connectivity index (χ1) is 9.99. The van der Waals surface area contributed by atoms with Crippen LogP contribution in [0.15, 0.2) is 40.9 Å². The first-order valence-electron chi connectivity index (χ1n) is 6.94. The molecule has 0 radical (unpaired) electrons. The highest BCUT2D eigenvalue weighted by molar-refractivity contribution is 9.10. The van der Waals surface area contributed by atoms with Crippen LogP contribution in [0.5, 0.6) is 0 Å². The van der Waals surface area contributed by atoms with Crippen molar-refractivity contribution in [1.82, 2.24) is 5.32 Å². The van der Waals surface area contributed by atoms with Crippen molar-refractivity contribution >= 4 is 27.5 Å². The number of hydrogen-bond donors (Lipinski definition) is 1. The molecule has 1 N–H and O–H groups in total. The van der Waals surface area contributed by atoms with Crippen LogP contribution >= 0.6 is 27.5 Å². The summed E-state index contributed by atoms with van der Waals surface area (Å²) in [4.78, 5) is 0. The van der Waals surface area contributed by atoms with Crippen LogP contribution < -0.4 is 5.32 Å². The first kappa shape index (κ1) is 16.5. The molecule has 0 heterocycles. The smallest absolute Gasteiger partial charge is 0.142 e. The summed E-state index contributed by atoms with van der Waals surface area (Å²) in [7, 11) is 0. The highest BCUT2D eigenvalue weighted by Crippen LogP contribution is 2.25. The fourth-order valence-corrected chi connectivity index (χ4v) is 3.17. The van der Waals surface area contributed by atoms with Gasteiger partial charge >= 0.3 is 0 Å². The maximum atomic E-state index is 13.6. The normalized spacial score (nSPS) is 12.4. The average molecular weight is 371 g/mol. The van der Waals surface area contributed by atoms with E-state index in [1.165, 1.54) is 17.2 Å². The Labute approximate surface area is 138 Å². The fraction of sp³-hybridized carbons (Fsp3) is 0.294. The fourth-order valence-electron chi connectivity index (χ4n) is 2.42. The van der Waals surface area contributed by atoms with E-state index in [0.29, 0.717) is 0 Å². The quantitative estimate of drug-likeness (QED) is 0.738. The van der Waals surface area contributed by atoms with Crippen LogP contribution in [-0.2, 0) is 6.42 Å². The second-order valence-electron chi connectivity index (χ2n) is 5.12. The number of halogens is 3. The zero-order valence-electron chi connectivity index (χ0n) is 12.1. The monoisotopic (exact) mass is 369 g/mol. The topological polar surface area (TPSA) is 12.0 Å². The van der Waals surface area contributed by atoms with Crippen LogP contribution in [0.1, 0.15) is 29.7 Å². The van der Waals surface area contributed by atoms with E-state index in [9.17, 15) is 4.39 Å². The van der Waals surface area contributed by atoms with E-state index in [4.69, 9.17) is 11.6 Å². The van der Waals surface area contributed by atoms with Gasteiger partial charge in [0.15, 0.2) is 0 Å². The standard InChI is InChI=1S/C17H18BrClFN/c1-3-21-17(13-6-11(2)7-14(18)10-13)9-12-4-5-15(19)16(20)8-12/h4-8,10,17,21H,3,9H2,1-2H3. The molecule has 21 heavy (non-hydrogen) atoms. The van der Waals surface area contributed by atoms with Crippen molar-refractivity contribution in [2.75, 3.05) is 6.54 Å². The van der Waals surface area contributed by atoms with Gasteiger partial charge in [-0.2, -0.15) is 0 Å². The lowest BCUT2D eigenvalue weighted by atomic mass is 9.97. The molecule has 0 fully saturated rings. The Morgan fingerprint density at radius 3 is 2.62 bits per heavy atom. The largest absolute Gasteiger partial charge is 0.310 e.